The Balaban J connectivity index is 1.09. The van der Waals surface area contributed by atoms with Crippen LogP contribution in [0.15, 0.2) is 158 Å². The fourth-order valence-electron chi connectivity index (χ4n) is 8.79. The Morgan fingerprint density at radius 2 is 1.41 bits per heavy atom. The van der Waals surface area contributed by atoms with E-state index in [0.717, 1.165) is 22.6 Å². The predicted molar refractivity (Wildman–Crippen MR) is 286 cm³/mol. The highest BCUT2D eigenvalue weighted by Crippen LogP contribution is 2.44. The second-order valence-corrected chi connectivity index (χ2v) is 19.1. The van der Waals surface area contributed by atoms with Crippen LogP contribution >= 0.6 is 23.2 Å². The summed E-state index contributed by atoms with van der Waals surface area (Å²) >= 11 is 13.2. The molecule has 392 valence electrons. The lowest BCUT2D eigenvalue weighted by molar-refractivity contribution is -0.155. The molecule has 0 saturated heterocycles. The van der Waals surface area contributed by atoms with E-state index in [1.807, 2.05) is 128 Å². The fourth-order valence-corrected chi connectivity index (χ4v) is 9.18. The summed E-state index contributed by atoms with van der Waals surface area (Å²) in [7, 11) is 8.84. The number of hydrogen-bond acceptors (Lipinski definition) is 10. The third kappa shape index (κ3) is 14.0. The fraction of sp³-hybridized carbons (Fsp3) is 0.276. The van der Waals surface area contributed by atoms with Crippen molar-refractivity contribution in [3.8, 4) is 28.5 Å². The number of methoxy groups -OCH3 is 1. The number of rotatable bonds is 24. The van der Waals surface area contributed by atoms with Crippen LogP contribution in [0, 0.1) is 0 Å². The monoisotopic (exact) mass is 1060 g/mol. The standard InChI is InChI=1S/C58H60Cl2F2N6O7/c1-38(63-34-46-51(22-15-23-52(46)74-57(61)62)73-45-30-26-40(27-31-45)50-35-64-53(68(50)5)36-66(2)3)55(70)65-49(37-72-6)56(71)67(4)44(32-39-24-28-43(59)29-25-39)33-54(69)75-58(41-16-9-7-10-17-41,42-18-11-8-12-19-42)47-20-13-14-21-48(47)60/h7-31,35,38,44,49,57,63H,32-34,36-37H2,1-6H3,(H,65,70)/t38-,44-,49-/m0/s1. The van der Waals surface area contributed by atoms with E-state index in [1.54, 1.807) is 62.6 Å². The van der Waals surface area contributed by atoms with Crippen LogP contribution in [0.25, 0.3) is 11.3 Å². The molecule has 1 aromatic heterocycles. The first-order valence-electron chi connectivity index (χ1n) is 24.2. The summed E-state index contributed by atoms with van der Waals surface area (Å²) in [5.74, 6) is -0.407. The van der Waals surface area contributed by atoms with Crippen LogP contribution in [0.4, 0.5) is 8.78 Å². The lowest BCUT2D eigenvalue weighted by atomic mass is 9.80. The maximum absolute atomic E-state index is 14.7. The van der Waals surface area contributed by atoms with Gasteiger partial charge in [-0.05, 0) is 87.6 Å². The first-order chi connectivity index (χ1) is 36.1. The van der Waals surface area contributed by atoms with Gasteiger partial charge in [-0.2, -0.15) is 8.78 Å². The minimum absolute atomic E-state index is 0.149. The Hall–Kier alpha value is -7.14. The zero-order chi connectivity index (χ0) is 53.6. The number of hydrogen-bond donors (Lipinski definition) is 2. The van der Waals surface area contributed by atoms with Gasteiger partial charge in [0.15, 0.2) is 5.60 Å². The minimum atomic E-state index is -3.14. The van der Waals surface area contributed by atoms with Crippen molar-refractivity contribution in [1.82, 2.24) is 30.0 Å². The van der Waals surface area contributed by atoms with E-state index in [0.29, 0.717) is 39.0 Å². The minimum Gasteiger partial charge on any atom is -0.457 e. The number of benzene rings is 6. The zero-order valence-corrected chi connectivity index (χ0v) is 44.0. The highest BCUT2D eigenvalue weighted by atomic mass is 35.5. The average Bonchev–Trinajstić information content (AvgIpc) is 3.76. The largest absolute Gasteiger partial charge is 0.457 e. The van der Waals surface area contributed by atoms with Gasteiger partial charge in [-0.1, -0.05) is 120 Å². The third-order valence-electron chi connectivity index (χ3n) is 12.7. The number of likely N-dealkylation sites (N-methyl/N-ethyl adjacent to an activating group) is 1. The number of imidazole rings is 1. The Labute approximate surface area is 446 Å². The topological polar surface area (TPSA) is 136 Å². The number of halogens is 4. The molecule has 6 aromatic carbocycles. The molecule has 17 heteroatoms. The molecule has 1 heterocycles. The molecule has 7 rings (SSSR count). The molecule has 3 atom stereocenters. The van der Waals surface area contributed by atoms with Gasteiger partial charge in [0.25, 0.3) is 0 Å². The molecule has 0 spiro atoms. The van der Waals surface area contributed by atoms with Gasteiger partial charge in [-0.25, -0.2) is 4.98 Å². The summed E-state index contributed by atoms with van der Waals surface area (Å²) in [6.07, 6.45) is 1.73. The summed E-state index contributed by atoms with van der Waals surface area (Å²) < 4.78 is 52.9. The molecule has 0 fully saturated rings. The van der Waals surface area contributed by atoms with E-state index in [9.17, 15) is 23.2 Å². The lowest BCUT2D eigenvalue weighted by Gasteiger charge is -2.37. The number of nitrogens with one attached hydrogen (secondary N) is 2. The molecule has 0 aliphatic heterocycles. The van der Waals surface area contributed by atoms with Gasteiger partial charge in [-0.15, -0.1) is 0 Å². The first kappa shape index (κ1) is 55.6. The number of nitrogens with zero attached hydrogens (tertiary/aromatic N) is 4. The van der Waals surface area contributed by atoms with Crippen LogP contribution in [0.3, 0.4) is 0 Å². The van der Waals surface area contributed by atoms with Gasteiger partial charge in [0.05, 0.1) is 43.1 Å². The maximum Gasteiger partial charge on any atom is 0.387 e. The van der Waals surface area contributed by atoms with Gasteiger partial charge in [0.2, 0.25) is 11.8 Å². The van der Waals surface area contributed by atoms with Crippen molar-refractivity contribution < 1.29 is 42.1 Å². The SMILES string of the molecule is COC[C@H](NC(=O)[C@H](C)NCc1c(Oc2ccc(-c3cnc(CN(C)C)n3C)cc2)cccc1OC(F)F)C(=O)N(C)[C@H](CC(=O)OC(c1ccccc1)(c1ccccc1)c1ccccc1Cl)Cc1ccc(Cl)cc1. The molecule has 0 aliphatic carbocycles. The lowest BCUT2D eigenvalue weighted by Crippen LogP contribution is -2.56. The van der Waals surface area contributed by atoms with Crippen LogP contribution < -0.4 is 20.1 Å². The molecule has 0 bridgehead atoms. The van der Waals surface area contributed by atoms with Crippen LogP contribution in [-0.2, 0) is 56.0 Å². The molecule has 2 N–H and O–H groups in total. The molecule has 13 nitrogen and oxygen atoms in total. The molecular formula is C58H60Cl2F2N6O7. The Kier molecular flexibility index (Phi) is 19.2. The smallest absolute Gasteiger partial charge is 0.387 e. The molecule has 0 unspecified atom stereocenters. The van der Waals surface area contributed by atoms with Crippen molar-refractivity contribution in [2.45, 2.75) is 63.2 Å². The summed E-state index contributed by atoms with van der Waals surface area (Å²) in [5, 5.41) is 6.77. The Morgan fingerprint density at radius 3 is 2.03 bits per heavy atom. The molecule has 0 saturated carbocycles. The molecular weight excluding hydrogens is 1000 g/mol. The van der Waals surface area contributed by atoms with Gasteiger partial charge in [-0.3, -0.25) is 14.4 Å². The predicted octanol–water partition coefficient (Wildman–Crippen LogP) is 10.5. The van der Waals surface area contributed by atoms with Crippen molar-refractivity contribution in [3.63, 3.8) is 0 Å². The maximum atomic E-state index is 14.7. The first-order valence-corrected chi connectivity index (χ1v) is 25.0. The number of esters is 1. The molecule has 0 radical (unpaired) electrons. The van der Waals surface area contributed by atoms with E-state index in [2.05, 4.69) is 15.6 Å². The molecule has 0 aliphatic rings. The normalized spacial score (nSPS) is 12.7. The summed E-state index contributed by atoms with van der Waals surface area (Å²) in [6.45, 7) is -1.28. The number of aromatic nitrogens is 2. The summed E-state index contributed by atoms with van der Waals surface area (Å²) in [5.41, 5.74) is 3.14. The van der Waals surface area contributed by atoms with Crippen molar-refractivity contribution in [2.75, 3.05) is 34.9 Å². The van der Waals surface area contributed by atoms with Crippen molar-refractivity contribution in [2.24, 2.45) is 7.05 Å². The highest BCUT2D eigenvalue weighted by molar-refractivity contribution is 6.31. The van der Waals surface area contributed by atoms with Gasteiger partial charge in [0, 0.05) is 66.1 Å². The molecule has 7 aromatic rings. The zero-order valence-electron chi connectivity index (χ0n) is 42.5. The number of carbonyl (C=O) groups is 3. The van der Waals surface area contributed by atoms with Crippen LogP contribution in [-0.4, -0.2) is 96.7 Å². The van der Waals surface area contributed by atoms with Crippen molar-refractivity contribution in [3.05, 3.63) is 202 Å². The van der Waals surface area contributed by atoms with Gasteiger partial charge in [0.1, 0.15) is 29.1 Å². The van der Waals surface area contributed by atoms with E-state index >= 15 is 0 Å². The second-order valence-electron chi connectivity index (χ2n) is 18.2. The Morgan fingerprint density at radius 1 is 0.787 bits per heavy atom. The quantitative estimate of drug-likeness (QED) is 0.0445. The van der Waals surface area contributed by atoms with Gasteiger partial charge < -0.3 is 43.9 Å². The summed E-state index contributed by atoms with van der Waals surface area (Å²) in [6, 6.07) is 41.6. The Bertz CT molecular complexity index is 2960. The van der Waals surface area contributed by atoms with E-state index in [1.165, 1.54) is 24.1 Å². The van der Waals surface area contributed by atoms with E-state index < -0.39 is 48.1 Å². The highest BCUT2D eigenvalue weighted by Gasteiger charge is 2.43. The van der Waals surface area contributed by atoms with Gasteiger partial charge >= 0.3 is 12.6 Å². The van der Waals surface area contributed by atoms with Crippen molar-refractivity contribution >= 4 is 41.0 Å². The number of ether oxygens (including phenoxy) is 4. The average molecular weight is 1060 g/mol. The molecule has 75 heavy (non-hydrogen) atoms. The van der Waals surface area contributed by atoms with Crippen LogP contribution in [0.1, 0.15) is 47.0 Å². The summed E-state index contributed by atoms with van der Waals surface area (Å²) in [4.78, 5) is 51.4. The number of amides is 2. The van der Waals surface area contributed by atoms with Crippen molar-refractivity contribution in [1.29, 1.82) is 0 Å². The third-order valence-corrected chi connectivity index (χ3v) is 13.3. The van der Waals surface area contributed by atoms with E-state index in [4.69, 9.17) is 42.1 Å². The van der Waals surface area contributed by atoms with E-state index in [-0.39, 0.29) is 43.1 Å². The van der Waals surface area contributed by atoms with Crippen LogP contribution in [0.5, 0.6) is 17.2 Å². The molecule has 2 amide bonds. The second kappa shape index (κ2) is 25.9. The number of carbonyl (C=O) groups excluding carboxylic acids is 3. The number of alkyl halides is 2. The van der Waals surface area contributed by atoms with Crippen LogP contribution in [0.2, 0.25) is 10.0 Å².